The lowest BCUT2D eigenvalue weighted by Gasteiger charge is -2.45. The Morgan fingerprint density at radius 1 is 1.08 bits per heavy atom. The third-order valence-corrected chi connectivity index (χ3v) is 7.56. The summed E-state index contributed by atoms with van der Waals surface area (Å²) in [5.41, 5.74) is 1.96. The van der Waals surface area contributed by atoms with Gasteiger partial charge in [0.2, 0.25) is 5.91 Å². The molecule has 1 amide bonds. The first kappa shape index (κ1) is 24.7. The van der Waals surface area contributed by atoms with Gasteiger partial charge in [0.25, 0.3) is 0 Å². The molecule has 3 heterocycles. The lowest BCUT2D eigenvalue weighted by atomic mass is 9.67. The number of hydrogen-bond donors (Lipinski definition) is 2. The maximum absolute atomic E-state index is 13.4. The van der Waals surface area contributed by atoms with E-state index in [4.69, 9.17) is 9.47 Å². The second kappa shape index (κ2) is 11.8. The highest BCUT2D eigenvalue weighted by Gasteiger charge is 2.47. The van der Waals surface area contributed by atoms with Crippen molar-refractivity contribution in [2.24, 2.45) is 11.8 Å². The van der Waals surface area contributed by atoms with E-state index >= 15 is 0 Å². The summed E-state index contributed by atoms with van der Waals surface area (Å²) >= 11 is 0. The molecule has 3 fully saturated rings. The number of ether oxygens (including phenoxy) is 2. The summed E-state index contributed by atoms with van der Waals surface area (Å²) < 4.78 is 11.3. The van der Waals surface area contributed by atoms with Gasteiger partial charge in [-0.3, -0.25) is 14.5 Å². The molecule has 0 saturated carbocycles. The van der Waals surface area contributed by atoms with Crippen molar-refractivity contribution in [1.29, 1.82) is 0 Å². The molecule has 0 aliphatic carbocycles. The quantitative estimate of drug-likeness (QED) is 0.438. The van der Waals surface area contributed by atoms with Gasteiger partial charge in [0.1, 0.15) is 18.3 Å². The van der Waals surface area contributed by atoms with E-state index in [0.29, 0.717) is 6.61 Å². The number of morpholine rings is 1. The van der Waals surface area contributed by atoms with Crippen LogP contribution >= 0.6 is 0 Å². The first-order chi connectivity index (χ1) is 17.7. The van der Waals surface area contributed by atoms with Crippen molar-refractivity contribution in [2.75, 3.05) is 52.5 Å². The standard InChI is InChI=1S/C29H35N3O4/c33-26(11-8-21-6-9-23(10-7-21)36-19-16-32-14-17-35-18-15-32)28-27(22-4-2-1-3-5-22)24-12-13-30-20-25(24)31-29(28)34/h1-11,24-25,27-28,30H,12-20H2,(H,31,34)/b11-8+. The Bertz CT molecular complexity index is 1050. The molecule has 0 aromatic heterocycles. The van der Waals surface area contributed by atoms with Crippen molar-refractivity contribution >= 4 is 17.8 Å². The summed E-state index contributed by atoms with van der Waals surface area (Å²) in [4.78, 5) is 28.9. The number of carbonyl (C=O) groups is 2. The van der Waals surface area contributed by atoms with E-state index in [1.165, 1.54) is 0 Å². The summed E-state index contributed by atoms with van der Waals surface area (Å²) in [7, 11) is 0. The molecular formula is C29H35N3O4. The van der Waals surface area contributed by atoms with Crippen molar-refractivity contribution in [3.63, 3.8) is 0 Å². The highest BCUT2D eigenvalue weighted by molar-refractivity contribution is 6.09. The van der Waals surface area contributed by atoms with Crippen LogP contribution in [-0.2, 0) is 14.3 Å². The van der Waals surface area contributed by atoms with Gasteiger partial charge in [0, 0.05) is 38.1 Å². The number of carbonyl (C=O) groups excluding carboxylic acids is 2. The third kappa shape index (κ3) is 5.86. The molecule has 36 heavy (non-hydrogen) atoms. The molecule has 0 spiro atoms. The van der Waals surface area contributed by atoms with Crippen molar-refractivity contribution in [1.82, 2.24) is 15.5 Å². The van der Waals surface area contributed by atoms with Crippen molar-refractivity contribution in [2.45, 2.75) is 18.4 Å². The molecule has 7 heteroatoms. The summed E-state index contributed by atoms with van der Waals surface area (Å²) in [6.07, 6.45) is 4.30. The first-order valence-corrected chi connectivity index (χ1v) is 13.0. The number of allylic oxidation sites excluding steroid dienone is 1. The average molecular weight is 490 g/mol. The van der Waals surface area contributed by atoms with Crippen LogP contribution in [0.15, 0.2) is 60.7 Å². The maximum Gasteiger partial charge on any atom is 0.231 e. The van der Waals surface area contributed by atoms with Gasteiger partial charge in [-0.2, -0.15) is 0 Å². The van der Waals surface area contributed by atoms with Crippen LogP contribution in [0.2, 0.25) is 0 Å². The van der Waals surface area contributed by atoms with Gasteiger partial charge in [0.15, 0.2) is 5.78 Å². The second-order valence-corrected chi connectivity index (χ2v) is 9.79. The third-order valence-electron chi connectivity index (χ3n) is 7.56. The van der Waals surface area contributed by atoms with Gasteiger partial charge in [0.05, 0.1) is 13.2 Å². The van der Waals surface area contributed by atoms with E-state index in [-0.39, 0.29) is 29.6 Å². The van der Waals surface area contributed by atoms with Crippen LogP contribution in [0.4, 0.5) is 0 Å². The minimum Gasteiger partial charge on any atom is -0.492 e. The molecule has 190 valence electrons. The van der Waals surface area contributed by atoms with Crippen LogP contribution in [0.25, 0.3) is 6.08 Å². The monoisotopic (exact) mass is 489 g/mol. The number of nitrogens with one attached hydrogen (secondary N) is 2. The van der Waals surface area contributed by atoms with Gasteiger partial charge >= 0.3 is 0 Å². The molecule has 4 atom stereocenters. The molecule has 3 aliphatic rings. The minimum absolute atomic E-state index is 0.0558. The molecule has 7 nitrogen and oxygen atoms in total. The number of hydrogen-bond acceptors (Lipinski definition) is 6. The van der Waals surface area contributed by atoms with Crippen LogP contribution < -0.4 is 15.4 Å². The fourth-order valence-electron chi connectivity index (χ4n) is 5.65. The van der Waals surface area contributed by atoms with Gasteiger partial charge in [-0.05, 0) is 48.2 Å². The van der Waals surface area contributed by atoms with E-state index in [1.54, 1.807) is 12.2 Å². The average Bonchev–Trinajstić information content (AvgIpc) is 2.93. The van der Waals surface area contributed by atoms with Crippen LogP contribution in [0.3, 0.4) is 0 Å². The van der Waals surface area contributed by atoms with E-state index in [0.717, 1.165) is 69.2 Å². The summed E-state index contributed by atoms with van der Waals surface area (Å²) in [6, 6.07) is 17.8. The van der Waals surface area contributed by atoms with Gasteiger partial charge < -0.3 is 20.1 Å². The Balaban J connectivity index is 1.23. The molecule has 0 bridgehead atoms. The number of rotatable bonds is 8. The number of piperidine rings is 2. The predicted octanol–water partition coefficient (Wildman–Crippen LogP) is 2.49. The Hall–Kier alpha value is -3.00. The Labute approximate surface area is 212 Å². The number of fused-ring (bicyclic) bond motifs is 1. The highest BCUT2D eigenvalue weighted by atomic mass is 16.5. The fraction of sp³-hybridized carbons (Fsp3) is 0.448. The van der Waals surface area contributed by atoms with Crippen molar-refractivity contribution in [3.05, 3.63) is 71.8 Å². The van der Waals surface area contributed by atoms with Crippen LogP contribution in [0.1, 0.15) is 23.5 Å². The summed E-state index contributed by atoms with van der Waals surface area (Å²) in [5, 5.41) is 6.48. The summed E-state index contributed by atoms with van der Waals surface area (Å²) in [5.74, 6) is -0.115. The Kier molecular flexibility index (Phi) is 8.11. The number of amides is 1. The van der Waals surface area contributed by atoms with Crippen molar-refractivity contribution in [3.8, 4) is 5.75 Å². The maximum atomic E-state index is 13.4. The number of ketones is 1. The normalized spacial score (nSPS) is 26.8. The van der Waals surface area contributed by atoms with Gasteiger partial charge in [-0.1, -0.05) is 48.5 Å². The van der Waals surface area contributed by atoms with E-state index in [2.05, 4.69) is 15.5 Å². The van der Waals surface area contributed by atoms with Crippen molar-refractivity contribution < 1.29 is 19.1 Å². The topological polar surface area (TPSA) is 79.9 Å². The van der Waals surface area contributed by atoms with Gasteiger partial charge in [-0.25, -0.2) is 0 Å². The van der Waals surface area contributed by atoms with E-state index in [9.17, 15) is 9.59 Å². The lowest BCUT2D eigenvalue weighted by molar-refractivity contribution is -0.137. The minimum atomic E-state index is -0.717. The molecule has 0 radical (unpaired) electrons. The SMILES string of the molecule is O=C(/C=C/c1ccc(OCCN2CCOCC2)cc1)C1C(=O)NC2CNCCC2C1c1ccccc1. The van der Waals surface area contributed by atoms with Crippen LogP contribution in [-0.4, -0.2) is 75.2 Å². The first-order valence-electron chi connectivity index (χ1n) is 13.0. The molecular weight excluding hydrogens is 454 g/mol. The van der Waals surface area contributed by atoms with Crippen LogP contribution in [0.5, 0.6) is 5.75 Å². The molecule has 2 aromatic rings. The Morgan fingerprint density at radius 2 is 1.86 bits per heavy atom. The second-order valence-electron chi connectivity index (χ2n) is 9.79. The molecule has 3 saturated heterocycles. The zero-order valence-electron chi connectivity index (χ0n) is 20.6. The summed E-state index contributed by atoms with van der Waals surface area (Å²) in [6.45, 7) is 6.62. The molecule has 3 aliphatic heterocycles. The largest absolute Gasteiger partial charge is 0.492 e. The molecule has 5 rings (SSSR count). The fourth-order valence-corrected chi connectivity index (χ4v) is 5.65. The predicted molar refractivity (Wildman–Crippen MR) is 139 cm³/mol. The molecule has 4 unspecified atom stereocenters. The smallest absolute Gasteiger partial charge is 0.231 e. The zero-order chi connectivity index (χ0) is 24.7. The highest BCUT2D eigenvalue weighted by Crippen LogP contribution is 2.41. The van der Waals surface area contributed by atoms with E-state index in [1.807, 2.05) is 54.6 Å². The number of benzene rings is 2. The Morgan fingerprint density at radius 3 is 2.64 bits per heavy atom. The molecule has 2 N–H and O–H groups in total. The van der Waals surface area contributed by atoms with E-state index < -0.39 is 5.92 Å². The zero-order valence-corrected chi connectivity index (χ0v) is 20.6. The lowest BCUT2D eigenvalue weighted by Crippen LogP contribution is -2.61. The van der Waals surface area contributed by atoms with Gasteiger partial charge in [-0.15, -0.1) is 0 Å². The van der Waals surface area contributed by atoms with Crippen LogP contribution in [0, 0.1) is 11.8 Å². The number of nitrogens with zero attached hydrogens (tertiary/aromatic N) is 1. The molecule has 2 aromatic carbocycles.